The number of hydrogen-bond donors (Lipinski definition) is 2. The topological polar surface area (TPSA) is 74.7 Å². The van der Waals surface area contributed by atoms with Crippen LogP contribution in [-0.2, 0) is 0 Å². The lowest BCUT2D eigenvalue weighted by atomic mass is 10.5. The molecule has 7 heteroatoms. The third kappa shape index (κ3) is 0.841. The SMILES string of the molecule is Cc1nc2c3[nH]cnc3nc(=S)n2[nH]1. The first-order valence-electron chi connectivity index (χ1n) is 4.04. The molecule has 3 aromatic rings. The van der Waals surface area contributed by atoms with Crippen molar-refractivity contribution in [2.45, 2.75) is 6.92 Å². The molecule has 0 saturated carbocycles. The molecule has 0 unspecified atom stereocenters. The third-order valence-electron chi connectivity index (χ3n) is 1.99. The number of aryl methyl sites for hydroxylation is 1. The zero-order valence-electron chi connectivity index (χ0n) is 7.27. The van der Waals surface area contributed by atoms with Crippen molar-refractivity contribution < 1.29 is 0 Å². The molecule has 14 heavy (non-hydrogen) atoms. The van der Waals surface area contributed by atoms with Crippen LogP contribution in [0.1, 0.15) is 5.82 Å². The second kappa shape index (κ2) is 2.38. The Balaban J connectivity index is 2.73. The van der Waals surface area contributed by atoms with E-state index in [2.05, 4.69) is 25.0 Å². The predicted molar refractivity (Wildman–Crippen MR) is 52.6 cm³/mol. The summed E-state index contributed by atoms with van der Waals surface area (Å²) in [5, 5.41) is 3.00. The molecule has 0 bridgehead atoms. The minimum absolute atomic E-state index is 0.431. The van der Waals surface area contributed by atoms with E-state index in [9.17, 15) is 0 Å². The molecular weight excluding hydrogens is 200 g/mol. The Hall–Kier alpha value is -1.76. The van der Waals surface area contributed by atoms with Crippen LogP contribution in [0.4, 0.5) is 0 Å². The molecule has 70 valence electrons. The van der Waals surface area contributed by atoms with Crippen LogP contribution < -0.4 is 0 Å². The van der Waals surface area contributed by atoms with E-state index in [0.717, 1.165) is 17.0 Å². The number of hydrogen-bond acceptors (Lipinski definition) is 4. The van der Waals surface area contributed by atoms with Gasteiger partial charge in [0.25, 0.3) is 0 Å². The van der Waals surface area contributed by atoms with Crippen molar-refractivity contribution in [2.24, 2.45) is 0 Å². The van der Waals surface area contributed by atoms with Gasteiger partial charge < -0.3 is 4.98 Å². The minimum Gasteiger partial charge on any atom is -0.340 e. The lowest BCUT2D eigenvalue weighted by Gasteiger charge is -1.91. The molecule has 0 radical (unpaired) electrons. The second-order valence-corrected chi connectivity index (χ2v) is 3.33. The van der Waals surface area contributed by atoms with Crippen LogP contribution in [0, 0.1) is 11.7 Å². The summed E-state index contributed by atoms with van der Waals surface area (Å²) in [4.78, 5) is 15.5. The number of aromatic nitrogens is 6. The predicted octanol–water partition coefficient (Wildman–Crippen LogP) is 0.972. The number of imidazole rings is 1. The molecule has 6 nitrogen and oxygen atoms in total. The monoisotopic (exact) mass is 206 g/mol. The molecule has 0 amide bonds. The van der Waals surface area contributed by atoms with E-state index in [1.807, 2.05) is 6.92 Å². The van der Waals surface area contributed by atoms with Gasteiger partial charge >= 0.3 is 0 Å². The first-order valence-corrected chi connectivity index (χ1v) is 4.45. The Bertz CT molecular complexity index is 674. The summed E-state index contributed by atoms with van der Waals surface area (Å²) < 4.78 is 2.09. The quantitative estimate of drug-likeness (QED) is 0.537. The van der Waals surface area contributed by atoms with Crippen LogP contribution in [0.25, 0.3) is 16.8 Å². The van der Waals surface area contributed by atoms with Crippen molar-refractivity contribution in [1.29, 1.82) is 0 Å². The zero-order chi connectivity index (χ0) is 9.71. The number of H-pyrrole nitrogens is 2. The Morgan fingerprint density at radius 2 is 2.29 bits per heavy atom. The number of nitrogens with one attached hydrogen (secondary N) is 2. The maximum atomic E-state index is 5.09. The summed E-state index contributed by atoms with van der Waals surface area (Å²) in [5.74, 6) is 0.792. The molecular formula is C7H6N6S. The van der Waals surface area contributed by atoms with Gasteiger partial charge in [0.05, 0.1) is 6.33 Å². The van der Waals surface area contributed by atoms with Gasteiger partial charge in [-0.05, 0) is 19.1 Å². The Kier molecular flexibility index (Phi) is 1.30. The highest BCUT2D eigenvalue weighted by molar-refractivity contribution is 7.71. The molecule has 0 fully saturated rings. The highest BCUT2D eigenvalue weighted by Gasteiger charge is 2.07. The standard InChI is InChI=1S/C7H6N6S/c1-3-10-6-4-5(9-2-8-4)11-7(14)13(6)12-3/h2H,1H3,(H,10,12)(H,8,9,11,14). The molecule has 2 N–H and O–H groups in total. The first kappa shape index (κ1) is 7.63. The lowest BCUT2D eigenvalue weighted by molar-refractivity contribution is 0.890. The first-order chi connectivity index (χ1) is 6.75. The number of rotatable bonds is 0. The van der Waals surface area contributed by atoms with Crippen molar-refractivity contribution in [1.82, 2.24) is 29.5 Å². The van der Waals surface area contributed by atoms with Crippen LogP contribution in [0.3, 0.4) is 0 Å². The molecule has 0 aromatic carbocycles. The minimum atomic E-state index is 0.431. The summed E-state index contributed by atoms with van der Waals surface area (Å²) in [7, 11) is 0. The summed E-state index contributed by atoms with van der Waals surface area (Å²) in [6.07, 6.45) is 1.58. The van der Waals surface area contributed by atoms with Gasteiger partial charge in [0.1, 0.15) is 11.3 Å². The Morgan fingerprint density at radius 1 is 1.43 bits per heavy atom. The molecule has 3 heterocycles. The van der Waals surface area contributed by atoms with Crippen molar-refractivity contribution in [3.63, 3.8) is 0 Å². The second-order valence-electron chi connectivity index (χ2n) is 2.96. The largest absolute Gasteiger partial charge is 0.340 e. The number of fused-ring (bicyclic) bond motifs is 3. The number of aromatic amines is 2. The molecule has 0 aliphatic heterocycles. The van der Waals surface area contributed by atoms with E-state index in [1.165, 1.54) is 0 Å². The van der Waals surface area contributed by atoms with Gasteiger partial charge in [-0.3, -0.25) is 5.10 Å². The van der Waals surface area contributed by atoms with Crippen LogP contribution in [0.15, 0.2) is 6.33 Å². The summed E-state index contributed by atoms with van der Waals surface area (Å²) >= 11 is 5.09. The van der Waals surface area contributed by atoms with E-state index >= 15 is 0 Å². The van der Waals surface area contributed by atoms with Gasteiger partial charge in [-0.25, -0.2) is 14.5 Å². The van der Waals surface area contributed by atoms with Gasteiger partial charge in [-0.1, -0.05) is 0 Å². The van der Waals surface area contributed by atoms with Gasteiger partial charge in [0, 0.05) is 0 Å². The van der Waals surface area contributed by atoms with E-state index in [-0.39, 0.29) is 0 Å². The van der Waals surface area contributed by atoms with Crippen LogP contribution >= 0.6 is 12.2 Å². The molecule has 0 saturated heterocycles. The van der Waals surface area contributed by atoms with Crippen molar-refractivity contribution in [3.05, 3.63) is 16.9 Å². The van der Waals surface area contributed by atoms with E-state index in [0.29, 0.717) is 10.4 Å². The third-order valence-corrected chi connectivity index (χ3v) is 2.27. The van der Waals surface area contributed by atoms with Gasteiger partial charge in [-0.15, -0.1) is 0 Å². The van der Waals surface area contributed by atoms with Gasteiger partial charge in [0.2, 0.25) is 4.77 Å². The molecule has 0 aliphatic rings. The fraction of sp³-hybridized carbons (Fsp3) is 0.143. The average Bonchev–Trinajstić information content (AvgIpc) is 2.69. The average molecular weight is 206 g/mol. The Labute approximate surface area is 83.0 Å². The molecule has 3 rings (SSSR count). The van der Waals surface area contributed by atoms with Gasteiger partial charge in [0.15, 0.2) is 11.3 Å². The van der Waals surface area contributed by atoms with Gasteiger partial charge in [-0.2, -0.15) is 4.98 Å². The summed E-state index contributed by atoms with van der Waals surface area (Å²) in [5.41, 5.74) is 2.12. The normalized spacial score (nSPS) is 11.5. The zero-order valence-corrected chi connectivity index (χ0v) is 8.09. The summed E-state index contributed by atoms with van der Waals surface area (Å²) in [6.45, 7) is 1.87. The van der Waals surface area contributed by atoms with Crippen molar-refractivity contribution in [3.8, 4) is 0 Å². The Morgan fingerprint density at radius 3 is 3.14 bits per heavy atom. The van der Waals surface area contributed by atoms with Crippen molar-refractivity contribution in [2.75, 3.05) is 0 Å². The van der Waals surface area contributed by atoms with E-state index < -0.39 is 0 Å². The van der Waals surface area contributed by atoms with Crippen LogP contribution in [0.5, 0.6) is 0 Å². The maximum Gasteiger partial charge on any atom is 0.222 e. The van der Waals surface area contributed by atoms with Crippen LogP contribution in [-0.4, -0.2) is 29.5 Å². The van der Waals surface area contributed by atoms with E-state index in [4.69, 9.17) is 12.2 Å². The highest BCUT2D eigenvalue weighted by Crippen LogP contribution is 2.12. The fourth-order valence-corrected chi connectivity index (χ4v) is 1.65. The molecule has 0 aliphatic carbocycles. The smallest absolute Gasteiger partial charge is 0.222 e. The molecule has 0 atom stereocenters. The molecule has 3 aromatic heterocycles. The summed E-state index contributed by atoms with van der Waals surface area (Å²) in [6, 6.07) is 0. The fourth-order valence-electron chi connectivity index (χ4n) is 1.43. The van der Waals surface area contributed by atoms with E-state index in [1.54, 1.807) is 10.8 Å². The number of nitrogens with zero attached hydrogens (tertiary/aromatic N) is 4. The van der Waals surface area contributed by atoms with Crippen molar-refractivity contribution >= 4 is 29.0 Å². The maximum absolute atomic E-state index is 5.09. The lowest BCUT2D eigenvalue weighted by Crippen LogP contribution is -1.93. The highest BCUT2D eigenvalue weighted by atomic mass is 32.1. The van der Waals surface area contributed by atoms with Crippen LogP contribution in [0.2, 0.25) is 0 Å². The molecule has 0 spiro atoms.